The summed E-state index contributed by atoms with van der Waals surface area (Å²) in [5, 5.41) is 0. The second-order valence-electron chi connectivity index (χ2n) is 2.03. The number of pyridine rings is 1. The molecule has 2 heterocycles. The van der Waals surface area contributed by atoms with E-state index >= 15 is 0 Å². The number of fused-ring (bicyclic) bond motifs is 1. The van der Waals surface area contributed by atoms with Crippen LogP contribution in [0.15, 0.2) is 24.7 Å². The number of rotatable bonds is 0. The van der Waals surface area contributed by atoms with Gasteiger partial charge in [0, 0.05) is 18.6 Å². The first kappa shape index (κ1) is 6.90. The average Bonchev–Trinajstić information content (AvgIpc) is 2.06. The minimum Gasteiger partial charge on any atom is -0.253 e. The Hall–Kier alpha value is -0.780. The van der Waals surface area contributed by atoms with Crippen LogP contribution in [0.1, 0.15) is 0 Å². The maximum atomic E-state index is 4.15. The van der Waals surface area contributed by atoms with Crippen LogP contribution in [0.25, 0.3) is 11.0 Å². The molecule has 4 heteroatoms. The SMILES string of the molecule is Ic1nccc2nccnc12. The van der Waals surface area contributed by atoms with Crippen molar-refractivity contribution in [2.45, 2.75) is 0 Å². The van der Waals surface area contributed by atoms with Crippen LogP contribution in [0.2, 0.25) is 0 Å². The lowest BCUT2D eigenvalue weighted by molar-refractivity contribution is 1.22. The summed E-state index contributed by atoms with van der Waals surface area (Å²) in [6, 6.07) is 1.85. The zero-order valence-corrected chi connectivity index (χ0v) is 7.69. The van der Waals surface area contributed by atoms with Crippen LogP contribution in [-0.4, -0.2) is 15.0 Å². The van der Waals surface area contributed by atoms with Gasteiger partial charge in [-0.1, -0.05) is 0 Å². The van der Waals surface area contributed by atoms with Crippen molar-refractivity contribution < 1.29 is 0 Å². The van der Waals surface area contributed by atoms with Gasteiger partial charge in [-0.2, -0.15) is 0 Å². The predicted octanol–water partition coefficient (Wildman–Crippen LogP) is 1.63. The molecule has 2 aromatic rings. The number of aromatic nitrogens is 3. The molecular formula is C7H4IN3. The lowest BCUT2D eigenvalue weighted by Gasteiger charge is -1.94. The van der Waals surface area contributed by atoms with Gasteiger partial charge in [0.05, 0.1) is 5.52 Å². The predicted molar refractivity (Wildman–Crippen MR) is 50.1 cm³/mol. The highest BCUT2D eigenvalue weighted by molar-refractivity contribution is 14.1. The first-order valence-electron chi connectivity index (χ1n) is 3.09. The van der Waals surface area contributed by atoms with Crippen LogP contribution in [0.3, 0.4) is 0 Å². The number of halogens is 1. The van der Waals surface area contributed by atoms with Crippen molar-refractivity contribution in [2.24, 2.45) is 0 Å². The molecule has 11 heavy (non-hydrogen) atoms. The molecule has 0 spiro atoms. The monoisotopic (exact) mass is 257 g/mol. The summed E-state index contributed by atoms with van der Waals surface area (Å²) in [5.41, 5.74) is 1.77. The van der Waals surface area contributed by atoms with Crippen LogP contribution in [-0.2, 0) is 0 Å². The fourth-order valence-electron chi connectivity index (χ4n) is 0.864. The first-order chi connectivity index (χ1) is 5.38. The van der Waals surface area contributed by atoms with Crippen molar-refractivity contribution in [3.05, 3.63) is 28.4 Å². The van der Waals surface area contributed by atoms with E-state index in [-0.39, 0.29) is 0 Å². The minimum atomic E-state index is 0.871. The van der Waals surface area contributed by atoms with Gasteiger partial charge in [0.25, 0.3) is 0 Å². The molecule has 0 fully saturated rings. The molecule has 0 saturated carbocycles. The van der Waals surface area contributed by atoms with Crippen molar-refractivity contribution in [3.63, 3.8) is 0 Å². The Morgan fingerprint density at radius 1 is 1.00 bits per heavy atom. The summed E-state index contributed by atoms with van der Waals surface area (Å²) in [5.74, 6) is 0. The van der Waals surface area contributed by atoms with E-state index in [2.05, 4.69) is 37.5 Å². The second kappa shape index (κ2) is 2.69. The quantitative estimate of drug-likeness (QED) is 0.531. The Morgan fingerprint density at radius 3 is 2.64 bits per heavy atom. The molecule has 0 saturated heterocycles. The third-order valence-corrected chi connectivity index (χ3v) is 2.13. The highest BCUT2D eigenvalue weighted by atomic mass is 127. The van der Waals surface area contributed by atoms with Gasteiger partial charge in [-0.3, -0.25) is 9.97 Å². The molecule has 2 rings (SSSR count). The Morgan fingerprint density at radius 2 is 1.82 bits per heavy atom. The number of hydrogen-bond donors (Lipinski definition) is 0. The molecule has 0 aliphatic carbocycles. The number of nitrogens with zero attached hydrogens (tertiary/aromatic N) is 3. The zero-order valence-electron chi connectivity index (χ0n) is 5.53. The third-order valence-electron chi connectivity index (χ3n) is 1.34. The number of hydrogen-bond acceptors (Lipinski definition) is 3. The molecule has 0 bridgehead atoms. The van der Waals surface area contributed by atoms with Gasteiger partial charge in [-0.05, 0) is 28.7 Å². The molecule has 0 radical (unpaired) electrons. The van der Waals surface area contributed by atoms with Gasteiger partial charge in [-0.15, -0.1) is 0 Å². The van der Waals surface area contributed by atoms with E-state index in [1.807, 2.05) is 6.07 Å². The summed E-state index contributed by atoms with van der Waals surface area (Å²) in [6.07, 6.45) is 5.09. The molecule has 0 aliphatic heterocycles. The van der Waals surface area contributed by atoms with Gasteiger partial charge in [0.15, 0.2) is 0 Å². The smallest absolute Gasteiger partial charge is 0.129 e. The van der Waals surface area contributed by atoms with Crippen molar-refractivity contribution in [2.75, 3.05) is 0 Å². The van der Waals surface area contributed by atoms with E-state index in [0.29, 0.717) is 0 Å². The summed E-state index contributed by atoms with van der Waals surface area (Å²) in [6.45, 7) is 0. The van der Waals surface area contributed by atoms with Gasteiger partial charge in [0.2, 0.25) is 0 Å². The lowest BCUT2D eigenvalue weighted by atomic mass is 10.4. The van der Waals surface area contributed by atoms with Crippen LogP contribution in [0.4, 0.5) is 0 Å². The van der Waals surface area contributed by atoms with E-state index < -0.39 is 0 Å². The molecule has 0 aliphatic rings. The normalized spacial score (nSPS) is 10.3. The van der Waals surface area contributed by atoms with Gasteiger partial charge in [-0.25, -0.2) is 4.98 Å². The largest absolute Gasteiger partial charge is 0.253 e. The summed E-state index contributed by atoms with van der Waals surface area (Å²) in [4.78, 5) is 12.4. The molecule has 2 aromatic heterocycles. The van der Waals surface area contributed by atoms with E-state index in [1.54, 1.807) is 18.6 Å². The maximum Gasteiger partial charge on any atom is 0.129 e. The van der Waals surface area contributed by atoms with E-state index in [0.717, 1.165) is 14.7 Å². The van der Waals surface area contributed by atoms with Crippen molar-refractivity contribution in [3.8, 4) is 0 Å². The molecule has 3 nitrogen and oxygen atoms in total. The minimum absolute atomic E-state index is 0.871. The Kier molecular flexibility index (Phi) is 1.69. The molecule has 54 valence electrons. The van der Waals surface area contributed by atoms with Crippen molar-refractivity contribution >= 4 is 33.6 Å². The van der Waals surface area contributed by atoms with Gasteiger partial charge < -0.3 is 0 Å². The Bertz CT molecular complexity index is 383. The summed E-state index contributed by atoms with van der Waals surface area (Å²) >= 11 is 2.14. The molecule has 0 unspecified atom stereocenters. The van der Waals surface area contributed by atoms with E-state index in [9.17, 15) is 0 Å². The standard InChI is InChI=1S/C7H4IN3/c8-7-6-5(1-2-11-7)9-3-4-10-6/h1-4H. The highest BCUT2D eigenvalue weighted by Crippen LogP contribution is 2.11. The van der Waals surface area contributed by atoms with Crippen LogP contribution >= 0.6 is 22.6 Å². The fraction of sp³-hybridized carbons (Fsp3) is 0. The first-order valence-corrected chi connectivity index (χ1v) is 4.17. The molecular weight excluding hydrogens is 253 g/mol. The third kappa shape index (κ3) is 1.18. The highest BCUT2D eigenvalue weighted by Gasteiger charge is 1.98. The van der Waals surface area contributed by atoms with E-state index in [1.165, 1.54) is 0 Å². The zero-order chi connectivity index (χ0) is 7.68. The van der Waals surface area contributed by atoms with Gasteiger partial charge in [0.1, 0.15) is 9.22 Å². The van der Waals surface area contributed by atoms with Crippen LogP contribution in [0, 0.1) is 3.70 Å². The van der Waals surface area contributed by atoms with Gasteiger partial charge >= 0.3 is 0 Å². The molecule has 0 atom stereocenters. The van der Waals surface area contributed by atoms with Crippen LogP contribution in [0.5, 0.6) is 0 Å². The summed E-state index contributed by atoms with van der Waals surface area (Å²) < 4.78 is 0.896. The second-order valence-corrected chi connectivity index (χ2v) is 3.05. The molecule has 0 N–H and O–H groups in total. The lowest BCUT2D eigenvalue weighted by Crippen LogP contribution is -1.87. The maximum absolute atomic E-state index is 4.15. The van der Waals surface area contributed by atoms with Crippen molar-refractivity contribution in [1.29, 1.82) is 0 Å². The Balaban J connectivity index is 2.91. The van der Waals surface area contributed by atoms with Crippen LogP contribution < -0.4 is 0 Å². The average molecular weight is 257 g/mol. The molecule has 0 amide bonds. The Labute approximate surface area is 77.0 Å². The topological polar surface area (TPSA) is 38.7 Å². The summed E-state index contributed by atoms with van der Waals surface area (Å²) in [7, 11) is 0. The molecule has 0 aromatic carbocycles. The fourth-order valence-corrected chi connectivity index (χ4v) is 1.44. The van der Waals surface area contributed by atoms with E-state index in [4.69, 9.17) is 0 Å². The van der Waals surface area contributed by atoms with Crippen molar-refractivity contribution in [1.82, 2.24) is 15.0 Å².